The largest absolute Gasteiger partial charge is 0.300 e. The maximum atomic E-state index is 13.1. The second-order valence-electron chi connectivity index (χ2n) is 7.25. The monoisotopic (exact) mass is 382 g/mol. The molecule has 0 bridgehead atoms. The van der Waals surface area contributed by atoms with E-state index in [4.69, 9.17) is 0 Å². The molecule has 2 fully saturated rings. The zero-order chi connectivity index (χ0) is 19.5. The number of anilines is 1. The summed E-state index contributed by atoms with van der Waals surface area (Å²) in [6, 6.07) is 9.14. The first-order chi connectivity index (χ1) is 13.6. The third-order valence-electron chi connectivity index (χ3n) is 5.52. The van der Waals surface area contributed by atoms with E-state index in [2.05, 4.69) is 14.8 Å². The van der Waals surface area contributed by atoms with Crippen molar-refractivity contribution < 1.29 is 14.0 Å². The van der Waals surface area contributed by atoms with Gasteiger partial charge in [0.05, 0.1) is 18.2 Å². The number of carbonyl (C=O) groups excluding carboxylic acids is 2. The van der Waals surface area contributed by atoms with Gasteiger partial charge in [-0.3, -0.25) is 19.5 Å². The molecule has 0 radical (unpaired) electrons. The van der Waals surface area contributed by atoms with Crippen molar-refractivity contribution in [2.24, 2.45) is 0 Å². The average Bonchev–Trinajstić information content (AvgIpc) is 3.02. The van der Waals surface area contributed by atoms with Crippen molar-refractivity contribution in [3.8, 4) is 0 Å². The number of pyridine rings is 1. The Hall–Kier alpha value is -2.64. The second kappa shape index (κ2) is 8.16. The molecule has 146 valence electrons. The third kappa shape index (κ3) is 3.95. The number of carbonyl (C=O) groups is 2. The molecule has 4 rings (SSSR count). The second-order valence-corrected chi connectivity index (χ2v) is 7.25. The number of piperazine rings is 1. The maximum absolute atomic E-state index is 13.1. The fourth-order valence-electron chi connectivity index (χ4n) is 3.90. The van der Waals surface area contributed by atoms with Crippen molar-refractivity contribution in [2.45, 2.75) is 18.9 Å². The first kappa shape index (κ1) is 18.7. The summed E-state index contributed by atoms with van der Waals surface area (Å²) >= 11 is 0. The van der Waals surface area contributed by atoms with Crippen molar-refractivity contribution >= 4 is 17.5 Å². The first-order valence-electron chi connectivity index (χ1n) is 9.59. The highest BCUT2D eigenvalue weighted by atomic mass is 19.1. The zero-order valence-corrected chi connectivity index (χ0v) is 15.6. The molecule has 0 aliphatic carbocycles. The number of hydrogen-bond donors (Lipinski definition) is 0. The van der Waals surface area contributed by atoms with Crippen LogP contribution in [-0.2, 0) is 16.0 Å². The quantitative estimate of drug-likeness (QED) is 0.737. The van der Waals surface area contributed by atoms with Gasteiger partial charge in [-0.2, -0.15) is 0 Å². The molecule has 1 aromatic carbocycles. The van der Waals surface area contributed by atoms with Gasteiger partial charge in [0, 0.05) is 45.1 Å². The molecular weight excluding hydrogens is 359 g/mol. The van der Waals surface area contributed by atoms with Crippen molar-refractivity contribution in [1.29, 1.82) is 0 Å². The molecule has 2 aliphatic heterocycles. The Morgan fingerprint density at radius 2 is 1.64 bits per heavy atom. The van der Waals surface area contributed by atoms with Gasteiger partial charge in [0.2, 0.25) is 5.91 Å². The van der Waals surface area contributed by atoms with Crippen LogP contribution in [0.3, 0.4) is 0 Å². The SMILES string of the molecule is O=C1CC(N2CCN(CCc3ccncc3)CC2)C(=O)N1c1ccc(F)cc1. The number of nitrogens with zero attached hydrogens (tertiary/aromatic N) is 4. The topological polar surface area (TPSA) is 56.8 Å². The van der Waals surface area contributed by atoms with Crippen LogP contribution in [0.2, 0.25) is 0 Å². The summed E-state index contributed by atoms with van der Waals surface area (Å²) in [7, 11) is 0. The predicted octanol–water partition coefficient (Wildman–Crippen LogP) is 1.71. The van der Waals surface area contributed by atoms with Gasteiger partial charge in [-0.15, -0.1) is 0 Å². The van der Waals surface area contributed by atoms with Gasteiger partial charge >= 0.3 is 0 Å². The highest BCUT2D eigenvalue weighted by molar-refractivity contribution is 6.22. The Kier molecular flexibility index (Phi) is 5.45. The van der Waals surface area contributed by atoms with Crippen molar-refractivity contribution in [2.75, 3.05) is 37.6 Å². The van der Waals surface area contributed by atoms with Crippen LogP contribution in [0.5, 0.6) is 0 Å². The van der Waals surface area contributed by atoms with Gasteiger partial charge in [0.15, 0.2) is 0 Å². The molecule has 2 aliphatic rings. The van der Waals surface area contributed by atoms with Crippen LogP contribution in [0, 0.1) is 5.82 Å². The lowest BCUT2D eigenvalue weighted by molar-refractivity contribution is -0.123. The van der Waals surface area contributed by atoms with E-state index >= 15 is 0 Å². The van der Waals surface area contributed by atoms with Gasteiger partial charge < -0.3 is 4.90 Å². The molecule has 0 N–H and O–H groups in total. The fourth-order valence-corrected chi connectivity index (χ4v) is 3.90. The summed E-state index contributed by atoms with van der Waals surface area (Å²) in [6.45, 7) is 4.24. The molecule has 7 heteroatoms. The first-order valence-corrected chi connectivity index (χ1v) is 9.59. The van der Waals surface area contributed by atoms with Crippen LogP contribution in [0.25, 0.3) is 0 Å². The van der Waals surface area contributed by atoms with E-state index in [9.17, 15) is 14.0 Å². The van der Waals surface area contributed by atoms with Gasteiger partial charge in [-0.1, -0.05) is 0 Å². The number of aromatic nitrogens is 1. The molecule has 2 saturated heterocycles. The van der Waals surface area contributed by atoms with E-state index in [0.717, 1.165) is 39.1 Å². The lowest BCUT2D eigenvalue weighted by Gasteiger charge is -2.37. The Labute approximate surface area is 163 Å². The highest BCUT2D eigenvalue weighted by Crippen LogP contribution is 2.26. The summed E-state index contributed by atoms with van der Waals surface area (Å²) in [6.07, 6.45) is 4.78. The number of hydrogen-bond acceptors (Lipinski definition) is 5. The molecule has 0 saturated carbocycles. The zero-order valence-electron chi connectivity index (χ0n) is 15.6. The molecule has 1 aromatic heterocycles. The van der Waals surface area contributed by atoms with Crippen LogP contribution >= 0.6 is 0 Å². The van der Waals surface area contributed by atoms with Crippen molar-refractivity contribution in [3.05, 3.63) is 60.2 Å². The lowest BCUT2D eigenvalue weighted by atomic mass is 10.1. The Bertz CT molecular complexity index is 835. The van der Waals surface area contributed by atoms with Gasteiger partial charge in [0.1, 0.15) is 5.82 Å². The van der Waals surface area contributed by atoms with Crippen LogP contribution < -0.4 is 4.90 Å². The molecule has 2 aromatic rings. The smallest absolute Gasteiger partial charge is 0.251 e. The summed E-state index contributed by atoms with van der Waals surface area (Å²) in [5, 5.41) is 0. The standard InChI is InChI=1S/C21H23FN4O2/c22-17-1-3-18(4-2-17)26-20(27)15-19(21(26)28)25-13-11-24(12-14-25)10-7-16-5-8-23-9-6-16/h1-6,8-9,19H,7,10-15H2. The van der Waals surface area contributed by atoms with E-state index in [1.54, 1.807) is 0 Å². The molecule has 1 atom stereocenters. The predicted molar refractivity (Wildman–Crippen MR) is 103 cm³/mol. The maximum Gasteiger partial charge on any atom is 0.251 e. The molecule has 28 heavy (non-hydrogen) atoms. The Morgan fingerprint density at radius 3 is 2.32 bits per heavy atom. The van der Waals surface area contributed by atoms with Crippen molar-refractivity contribution in [1.82, 2.24) is 14.8 Å². The van der Waals surface area contributed by atoms with Crippen LogP contribution in [-0.4, -0.2) is 65.4 Å². The lowest BCUT2D eigenvalue weighted by Crippen LogP contribution is -2.52. The number of halogens is 1. The minimum Gasteiger partial charge on any atom is -0.300 e. The van der Waals surface area contributed by atoms with E-state index in [-0.39, 0.29) is 24.1 Å². The summed E-state index contributed by atoms with van der Waals surface area (Å²) in [5.41, 5.74) is 1.71. The van der Waals surface area contributed by atoms with E-state index in [0.29, 0.717) is 5.69 Å². The average molecular weight is 382 g/mol. The van der Waals surface area contributed by atoms with Gasteiger partial charge in [-0.05, 0) is 48.4 Å². The fraction of sp³-hybridized carbons (Fsp3) is 0.381. The molecule has 0 spiro atoms. The van der Waals surface area contributed by atoms with Gasteiger partial charge in [0.25, 0.3) is 5.91 Å². The summed E-state index contributed by atoms with van der Waals surface area (Å²) < 4.78 is 13.1. The number of benzene rings is 1. The Balaban J connectivity index is 1.32. The normalized spacial score (nSPS) is 21.5. The van der Waals surface area contributed by atoms with Crippen molar-refractivity contribution in [3.63, 3.8) is 0 Å². The minimum absolute atomic E-state index is 0.188. The van der Waals surface area contributed by atoms with E-state index < -0.39 is 6.04 Å². The summed E-state index contributed by atoms with van der Waals surface area (Å²) in [4.78, 5) is 35.0. The van der Waals surface area contributed by atoms with Crippen LogP contribution in [0.1, 0.15) is 12.0 Å². The Morgan fingerprint density at radius 1 is 0.964 bits per heavy atom. The molecule has 1 unspecified atom stereocenters. The van der Waals surface area contributed by atoms with Gasteiger partial charge in [-0.25, -0.2) is 9.29 Å². The number of amides is 2. The van der Waals surface area contributed by atoms with Crippen LogP contribution in [0.4, 0.5) is 10.1 Å². The van der Waals surface area contributed by atoms with E-state index in [1.807, 2.05) is 24.5 Å². The highest BCUT2D eigenvalue weighted by Gasteiger charge is 2.43. The van der Waals surface area contributed by atoms with E-state index in [1.165, 1.54) is 34.7 Å². The number of imide groups is 1. The third-order valence-corrected chi connectivity index (χ3v) is 5.52. The molecular formula is C21H23FN4O2. The molecule has 3 heterocycles. The molecule has 6 nitrogen and oxygen atoms in total. The minimum atomic E-state index is -0.417. The molecule has 2 amide bonds. The summed E-state index contributed by atoms with van der Waals surface area (Å²) in [5.74, 6) is -0.814. The van der Waals surface area contributed by atoms with Crippen LogP contribution in [0.15, 0.2) is 48.8 Å². The number of rotatable bonds is 5.